The molecule has 0 aliphatic heterocycles. The highest BCUT2D eigenvalue weighted by Crippen LogP contribution is 2.13. The quantitative estimate of drug-likeness (QED) is 0.445. The predicted molar refractivity (Wildman–Crippen MR) is 72.9 cm³/mol. The third kappa shape index (κ3) is 4.65. The normalized spacial score (nSPS) is 10.4. The first kappa shape index (κ1) is 13.0. The summed E-state index contributed by atoms with van der Waals surface area (Å²) in [7, 11) is 0. The van der Waals surface area contributed by atoms with Crippen LogP contribution < -0.4 is 0 Å². The fourth-order valence-corrected chi connectivity index (χ4v) is 1.93. The molecule has 0 unspecified atom stereocenters. The van der Waals surface area contributed by atoms with Gasteiger partial charge in [-0.2, -0.15) is 0 Å². The minimum atomic E-state index is 1.17. The van der Waals surface area contributed by atoms with Crippen molar-refractivity contribution >= 4 is 0 Å². The molecule has 1 aromatic rings. The van der Waals surface area contributed by atoms with Crippen LogP contribution in [0.25, 0.3) is 0 Å². The monoisotopic (exact) mass is 216 g/mol. The van der Waals surface area contributed by atoms with E-state index in [9.17, 15) is 0 Å². The molecule has 0 nitrogen and oxygen atoms in total. The molecular weight excluding hydrogens is 192 g/mol. The van der Waals surface area contributed by atoms with E-state index in [2.05, 4.69) is 38.6 Å². The van der Waals surface area contributed by atoms with Crippen LogP contribution in [0, 0.1) is 13.8 Å². The maximum atomic E-state index is 3.74. The highest BCUT2D eigenvalue weighted by molar-refractivity contribution is 5.29. The highest BCUT2D eigenvalue weighted by atomic mass is 14.0. The maximum Gasteiger partial charge on any atom is -0.0279 e. The van der Waals surface area contributed by atoms with Crippen molar-refractivity contribution < 1.29 is 0 Å². The Morgan fingerprint density at radius 2 is 1.75 bits per heavy atom. The van der Waals surface area contributed by atoms with Crippen molar-refractivity contribution in [2.45, 2.75) is 52.4 Å². The smallest absolute Gasteiger partial charge is 0.0279 e. The number of aryl methyl sites for hydroxylation is 3. The molecule has 0 aliphatic rings. The van der Waals surface area contributed by atoms with Crippen LogP contribution in [0.5, 0.6) is 0 Å². The van der Waals surface area contributed by atoms with Crippen molar-refractivity contribution in [3.05, 3.63) is 47.5 Å². The number of hydrogen-bond acceptors (Lipinski definition) is 0. The van der Waals surface area contributed by atoms with Gasteiger partial charge in [-0.1, -0.05) is 37.1 Å². The molecule has 0 spiro atoms. The first-order chi connectivity index (χ1) is 7.74. The summed E-state index contributed by atoms with van der Waals surface area (Å²) in [5.41, 5.74) is 4.31. The molecule has 0 saturated carbocycles. The predicted octanol–water partition coefficient (Wildman–Crippen LogP) is 4.98. The van der Waals surface area contributed by atoms with Crippen molar-refractivity contribution in [3.63, 3.8) is 0 Å². The van der Waals surface area contributed by atoms with Gasteiger partial charge in [0.25, 0.3) is 0 Å². The van der Waals surface area contributed by atoms with E-state index in [1.807, 2.05) is 6.08 Å². The van der Waals surface area contributed by atoms with E-state index in [1.165, 1.54) is 55.2 Å². The molecule has 88 valence electrons. The summed E-state index contributed by atoms with van der Waals surface area (Å²) in [4.78, 5) is 0. The summed E-state index contributed by atoms with van der Waals surface area (Å²) in [5, 5.41) is 0. The highest BCUT2D eigenvalue weighted by Gasteiger charge is 1.96. The van der Waals surface area contributed by atoms with E-state index in [0.717, 1.165) is 0 Å². The lowest BCUT2D eigenvalue weighted by molar-refractivity contribution is 0.646. The van der Waals surface area contributed by atoms with Gasteiger partial charge in [0.15, 0.2) is 0 Å². The van der Waals surface area contributed by atoms with Gasteiger partial charge < -0.3 is 0 Å². The summed E-state index contributed by atoms with van der Waals surface area (Å²) in [6.45, 7) is 8.12. The number of rotatable bonds is 7. The number of benzene rings is 1. The van der Waals surface area contributed by atoms with E-state index in [1.54, 1.807) is 0 Å². The fourth-order valence-electron chi connectivity index (χ4n) is 1.93. The molecule has 16 heavy (non-hydrogen) atoms. The molecule has 0 saturated heterocycles. The summed E-state index contributed by atoms with van der Waals surface area (Å²) >= 11 is 0. The van der Waals surface area contributed by atoms with Crippen LogP contribution >= 0.6 is 0 Å². The molecule has 0 fully saturated rings. The largest absolute Gasteiger partial charge is 0.103 e. The Morgan fingerprint density at radius 1 is 1.00 bits per heavy atom. The summed E-state index contributed by atoms with van der Waals surface area (Å²) in [5.74, 6) is 0. The Kier molecular flexibility index (Phi) is 5.92. The molecule has 0 aliphatic carbocycles. The molecule has 0 atom stereocenters. The molecule has 0 radical (unpaired) electrons. The first-order valence-electron chi connectivity index (χ1n) is 6.41. The Morgan fingerprint density at radius 3 is 2.44 bits per heavy atom. The van der Waals surface area contributed by atoms with Crippen LogP contribution in [-0.2, 0) is 6.42 Å². The molecule has 1 rings (SSSR count). The van der Waals surface area contributed by atoms with Crippen LogP contribution in [0.2, 0.25) is 0 Å². The summed E-state index contributed by atoms with van der Waals surface area (Å²) in [6.07, 6.45) is 9.73. The number of unbranched alkanes of at least 4 members (excludes halogenated alkanes) is 4. The maximum absolute atomic E-state index is 3.74. The zero-order chi connectivity index (χ0) is 11.8. The lowest BCUT2D eigenvalue weighted by atomic mass is 10.0. The average Bonchev–Trinajstić information content (AvgIpc) is 2.28. The van der Waals surface area contributed by atoms with E-state index in [0.29, 0.717) is 0 Å². The molecule has 0 heterocycles. The standard InChI is InChI=1S/C16H24/c1-4-5-6-7-8-9-10-16-12-11-14(2)15(3)13-16/h4,11-13H,1,5-10H2,2-3H3. The van der Waals surface area contributed by atoms with Gasteiger partial charge in [-0.3, -0.25) is 0 Å². The SMILES string of the molecule is C=CCCCCCCc1ccc(C)c(C)c1. The Bertz CT molecular complexity index is 323. The Balaban J connectivity index is 2.21. The van der Waals surface area contributed by atoms with Gasteiger partial charge in [-0.15, -0.1) is 6.58 Å². The molecular formula is C16H24. The lowest BCUT2D eigenvalue weighted by Gasteiger charge is -2.05. The third-order valence-electron chi connectivity index (χ3n) is 3.20. The van der Waals surface area contributed by atoms with Gasteiger partial charge in [0.2, 0.25) is 0 Å². The zero-order valence-corrected chi connectivity index (χ0v) is 10.8. The fraction of sp³-hybridized carbons (Fsp3) is 0.500. The Labute approximate surface area is 100 Å². The van der Waals surface area contributed by atoms with E-state index >= 15 is 0 Å². The minimum absolute atomic E-state index is 1.17. The third-order valence-corrected chi connectivity index (χ3v) is 3.20. The second kappa shape index (κ2) is 7.27. The van der Waals surface area contributed by atoms with Gasteiger partial charge >= 0.3 is 0 Å². The number of allylic oxidation sites excluding steroid dienone is 1. The number of hydrogen-bond donors (Lipinski definition) is 0. The van der Waals surface area contributed by atoms with Crippen molar-refractivity contribution in [2.24, 2.45) is 0 Å². The van der Waals surface area contributed by atoms with Gasteiger partial charge in [0, 0.05) is 0 Å². The van der Waals surface area contributed by atoms with Gasteiger partial charge in [-0.05, 0) is 56.2 Å². The average molecular weight is 216 g/mol. The molecule has 1 aromatic carbocycles. The van der Waals surface area contributed by atoms with Crippen LogP contribution in [0.4, 0.5) is 0 Å². The van der Waals surface area contributed by atoms with Crippen molar-refractivity contribution in [1.82, 2.24) is 0 Å². The van der Waals surface area contributed by atoms with Gasteiger partial charge in [0.05, 0.1) is 0 Å². The molecule has 0 bridgehead atoms. The molecule has 0 aromatic heterocycles. The zero-order valence-electron chi connectivity index (χ0n) is 10.8. The van der Waals surface area contributed by atoms with Crippen LogP contribution in [-0.4, -0.2) is 0 Å². The Hall–Kier alpha value is -1.04. The molecule has 0 heteroatoms. The first-order valence-corrected chi connectivity index (χ1v) is 6.41. The van der Waals surface area contributed by atoms with Crippen LogP contribution in [0.15, 0.2) is 30.9 Å². The lowest BCUT2D eigenvalue weighted by Crippen LogP contribution is -1.89. The van der Waals surface area contributed by atoms with E-state index < -0.39 is 0 Å². The molecule has 0 amide bonds. The second-order valence-electron chi connectivity index (χ2n) is 4.66. The summed E-state index contributed by atoms with van der Waals surface area (Å²) < 4.78 is 0. The molecule has 0 N–H and O–H groups in total. The topological polar surface area (TPSA) is 0 Å². The van der Waals surface area contributed by atoms with Crippen molar-refractivity contribution in [2.75, 3.05) is 0 Å². The van der Waals surface area contributed by atoms with E-state index in [-0.39, 0.29) is 0 Å². The van der Waals surface area contributed by atoms with E-state index in [4.69, 9.17) is 0 Å². The van der Waals surface area contributed by atoms with Gasteiger partial charge in [0.1, 0.15) is 0 Å². The van der Waals surface area contributed by atoms with Crippen molar-refractivity contribution in [1.29, 1.82) is 0 Å². The van der Waals surface area contributed by atoms with Gasteiger partial charge in [-0.25, -0.2) is 0 Å². The van der Waals surface area contributed by atoms with Crippen LogP contribution in [0.3, 0.4) is 0 Å². The summed E-state index contributed by atoms with van der Waals surface area (Å²) in [6, 6.07) is 6.84. The van der Waals surface area contributed by atoms with Crippen molar-refractivity contribution in [3.8, 4) is 0 Å². The van der Waals surface area contributed by atoms with Crippen LogP contribution in [0.1, 0.15) is 48.8 Å². The minimum Gasteiger partial charge on any atom is -0.103 e. The second-order valence-corrected chi connectivity index (χ2v) is 4.66.